The van der Waals surface area contributed by atoms with Crippen LogP contribution in [-0.4, -0.2) is 45.5 Å². The number of hydrogen-bond acceptors (Lipinski definition) is 9. The minimum Gasteiger partial charge on any atom is -0.464 e. The topological polar surface area (TPSA) is 117 Å². The van der Waals surface area contributed by atoms with E-state index in [1.807, 2.05) is 6.92 Å². The molecule has 0 radical (unpaired) electrons. The molecule has 0 fully saturated rings. The van der Waals surface area contributed by atoms with Crippen molar-refractivity contribution in [1.29, 1.82) is 0 Å². The van der Waals surface area contributed by atoms with Gasteiger partial charge in [0.15, 0.2) is 5.69 Å². The number of aromatic nitrogens is 5. The van der Waals surface area contributed by atoms with E-state index in [1.54, 1.807) is 12.1 Å². The van der Waals surface area contributed by atoms with Crippen LogP contribution < -0.4 is 0 Å². The molecule has 124 valence electrons. The Balaban J connectivity index is 2.01. The highest BCUT2D eigenvalue weighted by atomic mass is 32.2. The number of esters is 1. The maximum Gasteiger partial charge on any atom is 0.360 e. The molecule has 2 heterocycles. The number of benzene rings is 1. The predicted molar refractivity (Wildman–Crippen MR) is 84.0 cm³/mol. The number of ether oxygens (including phenoxy) is 1. The molecule has 2 aromatic heterocycles. The minimum absolute atomic E-state index is 0.0396. The lowest BCUT2D eigenvalue weighted by Gasteiger charge is -2.02. The van der Waals surface area contributed by atoms with Gasteiger partial charge in [0.1, 0.15) is 10.6 Å². The average molecular weight is 365 g/mol. The quantitative estimate of drug-likeness (QED) is 0.632. The van der Waals surface area contributed by atoms with Crippen molar-refractivity contribution in [3.63, 3.8) is 0 Å². The molecule has 0 unspecified atom stereocenters. The summed E-state index contributed by atoms with van der Waals surface area (Å²) in [7, 11) is -2.71. The second-order valence-electron chi connectivity index (χ2n) is 4.71. The molecule has 0 aliphatic rings. The Bertz CT molecular complexity index is 992. The van der Waals surface area contributed by atoms with E-state index >= 15 is 0 Å². The maximum absolute atomic E-state index is 12.5. The first-order valence-corrected chi connectivity index (χ1v) is 8.80. The first-order chi connectivity index (χ1) is 11.4. The molecule has 3 aromatic rings. The summed E-state index contributed by atoms with van der Waals surface area (Å²) < 4.78 is 33.9. The number of rotatable bonds is 4. The minimum atomic E-state index is -3.92. The third kappa shape index (κ3) is 2.78. The first kappa shape index (κ1) is 16.2. The molecule has 0 amide bonds. The smallest absolute Gasteiger partial charge is 0.360 e. The lowest BCUT2D eigenvalue weighted by molar-refractivity contribution is 0.0595. The van der Waals surface area contributed by atoms with E-state index in [1.165, 1.54) is 25.4 Å². The number of carbonyl (C=O) groups excluding carboxylic acids is 1. The Hall–Kier alpha value is -2.66. The zero-order chi connectivity index (χ0) is 17.3. The number of carbonyl (C=O) groups is 1. The Morgan fingerprint density at radius 2 is 1.96 bits per heavy atom. The van der Waals surface area contributed by atoms with Crippen molar-refractivity contribution >= 4 is 27.5 Å². The van der Waals surface area contributed by atoms with Gasteiger partial charge in [-0.2, -0.15) is 8.42 Å². The molecule has 0 aliphatic heterocycles. The van der Waals surface area contributed by atoms with Crippen LogP contribution in [0.3, 0.4) is 0 Å². The molecular formula is C13H11N5O4S2. The number of hydrogen-bond donors (Lipinski definition) is 0. The Labute approximate surface area is 141 Å². The summed E-state index contributed by atoms with van der Waals surface area (Å²) in [6.45, 7) is 1.85. The van der Waals surface area contributed by atoms with Gasteiger partial charge in [0.05, 0.1) is 18.2 Å². The van der Waals surface area contributed by atoms with Gasteiger partial charge in [0.25, 0.3) is 10.0 Å². The zero-order valence-electron chi connectivity index (χ0n) is 12.6. The Kier molecular flexibility index (Phi) is 4.11. The van der Waals surface area contributed by atoms with Gasteiger partial charge in [-0.25, -0.2) is 4.79 Å². The molecule has 0 bridgehead atoms. The summed E-state index contributed by atoms with van der Waals surface area (Å²) in [6.07, 6.45) is 1.23. The van der Waals surface area contributed by atoms with Gasteiger partial charge in [-0.05, 0) is 30.6 Å². The molecule has 0 saturated heterocycles. The molecule has 11 heteroatoms. The van der Waals surface area contributed by atoms with Crippen molar-refractivity contribution in [2.75, 3.05) is 7.11 Å². The highest BCUT2D eigenvalue weighted by molar-refractivity contribution is 7.89. The lowest BCUT2D eigenvalue weighted by Crippen LogP contribution is -2.16. The predicted octanol–water partition coefficient (Wildman–Crippen LogP) is 1.13. The van der Waals surface area contributed by atoms with Gasteiger partial charge in [0, 0.05) is 0 Å². The van der Waals surface area contributed by atoms with Crippen molar-refractivity contribution in [2.45, 2.75) is 11.8 Å². The van der Waals surface area contributed by atoms with Crippen LogP contribution in [-0.2, 0) is 14.8 Å². The van der Waals surface area contributed by atoms with Crippen LogP contribution in [0.1, 0.15) is 16.1 Å². The van der Waals surface area contributed by atoms with Crippen molar-refractivity contribution in [2.24, 2.45) is 0 Å². The average Bonchev–Trinajstić information content (AvgIpc) is 3.23. The fourth-order valence-electron chi connectivity index (χ4n) is 1.86. The zero-order valence-corrected chi connectivity index (χ0v) is 14.2. The second-order valence-corrected chi connectivity index (χ2v) is 7.22. The SMILES string of the molecule is COC(=O)c1nnsc1-c1cnn(S(=O)(=O)c2ccc(C)cc2)n1. The van der Waals surface area contributed by atoms with Crippen LogP contribution in [0.25, 0.3) is 10.6 Å². The Morgan fingerprint density at radius 3 is 2.62 bits per heavy atom. The van der Waals surface area contributed by atoms with Crippen molar-refractivity contribution in [3.05, 3.63) is 41.7 Å². The molecule has 1 aromatic carbocycles. The molecule has 0 spiro atoms. The van der Waals surface area contributed by atoms with Crippen molar-refractivity contribution < 1.29 is 17.9 Å². The van der Waals surface area contributed by atoms with Crippen LogP contribution in [0.15, 0.2) is 35.4 Å². The van der Waals surface area contributed by atoms with Crippen LogP contribution in [0, 0.1) is 6.92 Å². The highest BCUT2D eigenvalue weighted by Gasteiger charge is 2.24. The largest absolute Gasteiger partial charge is 0.464 e. The van der Waals surface area contributed by atoms with E-state index < -0.39 is 16.0 Å². The monoisotopic (exact) mass is 365 g/mol. The molecule has 3 rings (SSSR count). The molecule has 0 N–H and O–H groups in total. The van der Waals surface area contributed by atoms with E-state index in [9.17, 15) is 13.2 Å². The third-order valence-corrected chi connectivity index (χ3v) is 5.33. The van der Waals surface area contributed by atoms with E-state index in [4.69, 9.17) is 0 Å². The first-order valence-electron chi connectivity index (χ1n) is 6.59. The van der Waals surface area contributed by atoms with E-state index in [2.05, 4.69) is 24.5 Å². The van der Waals surface area contributed by atoms with Gasteiger partial charge >= 0.3 is 5.97 Å². The van der Waals surface area contributed by atoms with Crippen LogP contribution >= 0.6 is 11.5 Å². The van der Waals surface area contributed by atoms with E-state index in [-0.39, 0.29) is 21.2 Å². The summed E-state index contributed by atoms with van der Waals surface area (Å²) in [5.74, 6) is -0.685. The lowest BCUT2D eigenvalue weighted by atomic mass is 10.2. The van der Waals surface area contributed by atoms with E-state index in [0.717, 1.165) is 17.1 Å². The second kappa shape index (κ2) is 6.09. The standard InChI is InChI=1S/C13H11N5O4S2/c1-8-3-5-9(6-4-8)24(20,21)18-14-7-10(16-18)12-11(13(19)22-2)15-17-23-12/h3-7H,1-2H3. The van der Waals surface area contributed by atoms with Gasteiger partial charge in [-0.15, -0.1) is 15.3 Å². The summed E-state index contributed by atoms with van der Waals surface area (Å²) in [5, 5.41) is 11.4. The third-order valence-electron chi connectivity index (χ3n) is 3.11. The van der Waals surface area contributed by atoms with Crippen LogP contribution in [0.4, 0.5) is 0 Å². The van der Waals surface area contributed by atoms with Crippen LogP contribution in [0.2, 0.25) is 0 Å². The summed E-state index contributed by atoms with van der Waals surface area (Å²) >= 11 is 0.895. The summed E-state index contributed by atoms with van der Waals surface area (Å²) in [6, 6.07) is 6.31. The van der Waals surface area contributed by atoms with E-state index in [0.29, 0.717) is 4.20 Å². The van der Waals surface area contributed by atoms with Gasteiger partial charge in [0.2, 0.25) is 0 Å². The van der Waals surface area contributed by atoms with Crippen molar-refractivity contribution in [1.82, 2.24) is 24.0 Å². The molecule has 9 nitrogen and oxygen atoms in total. The van der Waals surface area contributed by atoms with Gasteiger partial charge in [-0.3, -0.25) is 0 Å². The fourth-order valence-corrected chi connectivity index (χ4v) is 3.50. The molecule has 0 saturated carbocycles. The summed E-state index contributed by atoms with van der Waals surface area (Å²) in [5.41, 5.74) is 1.06. The summed E-state index contributed by atoms with van der Waals surface area (Å²) in [4.78, 5) is 12.0. The van der Waals surface area contributed by atoms with Crippen LogP contribution in [0.5, 0.6) is 0 Å². The van der Waals surface area contributed by atoms with Gasteiger partial charge in [-0.1, -0.05) is 26.4 Å². The molecule has 24 heavy (non-hydrogen) atoms. The number of aryl methyl sites for hydroxylation is 1. The maximum atomic E-state index is 12.5. The Morgan fingerprint density at radius 1 is 1.25 bits per heavy atom. The normalized spacial score (nSPS) is 11.4. The number of nitrogens with zero attached hydrogens (tertiary/aromatic N) is 5. The molecule has 0 aliphatic carbocycles. The number of methoxy groups -OCH3 is 1. The molecular weight excluding hydrogens is 354 g/mol. The van der Waals surface area contributed by atoms with Gasteiger partial charge < -0.3 is 4.74 Å². The highest BCUT2D eigenvalue weighted by Crippen LogP contribution is 2.25. The van der Waals surface area contributed by atoms with Crippen molar-refractivity contribution in [3.8, 4) is 10.6 Å². The molecule has 0 atom stereocenters. The fraction of sp³-hybridized carbons (Fsp3) is 0.154.